The average molecular weight is 971 g/mol. The number of rotatable bonds is 5. The molecule has 0 spiro atoms. The van der Waals surface area contributed by atoms with Crippen molar-refractivity contribution < 1.29 is 8.83 Å². The minimum absolute atomic E-state index is 0.438. The largest absolute Gasteiger partial charge is 0.455 e. The van der Waals surface area contributed by atoms with E-state index >= 15 is 0 Å². The summed E-state index contributed by atoms with van der Waals surface area (Å²) in [4.78, 5) is 0. The lowest BCUT2D eigenvalue weighted by Gasteiger charge is -2.20. The normalized spacial score (nSPS) is 12.2. The van der Waals surface area contributed by atoms with Gasteiger partial charge in [0.15, 0.2) is 0 Å². The van der Waals surface area contributed by atoms with Crippen LogP contribution in [0, 0.1) is 16.7 Å². The summed E-state index contributed by atoms with van der Waals surface area (Å²) in [5.41, 5.74) is 15.9. The van der Waals surface area contributed by atoms with Crippen LogP contribution < -0.4 is 0 Å². The Labute approximate surface area is 431 Å². The summed E-state index contributed by atoms with van der Waals surface area (Å²) in [6.07, 6.45) is 1.38. The summed E-state index contributed by atoms with van der Waals surface area (Å²) in [5, 5.41) is 32.9. The molecular formula is C68H38N6O2. The average Bonchev–Trinajstić information content (AvgIpc) is 4.40. The van der Waals surface area contributed by atoms with Gasteiger partial charge in [-0.2, -0.15) is 5.26 Å². The van der Waals surface area contributed by atoms with Gasteiger partial charge in [-0.1, -0.05) is 109 Å². The maximum atomic E-state index is 10.9. The highest BCUT2D eigenvalue weighted by atomic mass is 16.3. The van der Waals surface area contributed by atoms with Gasteiger partial charge in [0, 0.05) is 77.0 Å². The molecule has 11 aromatic carbocycles. The second-order valence-corrected chi connectivity index (χ2v) is 19.9. The molecule has 17 rings (SSSR count). The topological polar surface area (TPSA) is 93.6 Å². The maximum Gasteiger partial charge on any atom is 0.145 e. The highest BCUT2D eigenvalue weighted by Crippen LogP contribution is 2.47. The molecule has 0 bridgehead atoms. The van der Waals surface area contributed by atoms with E-state index < -0.39 is 0 Å². The lowest BCUT2D eigenvalue weighted by molar-refractivity contribution is 0.672. The number of nitrogens with zero attached hydrogens (tertiary/aromatic N) is 5. The monoisotopic (exact) mass is 970 g/mol. The van der Waals surface area contributed by atoms with Crippen molar-refractivity contribution in [2.75, 3.05) is 0 Å². The Hall–Kier alpha value is -10.6. The van der Waals surface area contributed by atoms with Gasteiger partial charge in [0.1, 0.15) is 22.3 Å². The van der Waals surface area contributed by atoms with Gasteiger partial charge in [0.05, 0.1) is 77.9 Å². The summed E-state index contributed by atoms with van der Waals surface area (Å²) in [6.45, 7) is 0. The van der Waals surface area contributed by atoms with Gasteiger partial charge < -0.3 is 32.5 Å². The number of furan rings is 2. The first-order valence-electron chi connectivity index (χ1n) is 25.5. The van der Waals surface area contributed by atoms with Crippen molar-refractivity contribution in [1.82, 2.24) is 18.3 Å². The standard InChI is InChI=1S/C68H38N6O2/c69-37-39-33-40(38-70)66(74-58-30-26-42(72-55-21-9-3-15-45(55)46-16-4-10-22-56(46)72)36-52(58)65-60(74)32-28-50-48-18-6-12-24-63(48)76-68(50)65)61(34-39)73-57-29-25-41(71-53-19-7-1-13-43(53)44-14-2-8-20-54(44)71)35-51(57)64-59(73)31-27-49-47-17-5-11-23-62(47)75-67(49)64/h1-36,38,70H. The van der Waals surface area contributed by atoms with Crippen molar-refractivity contribution in [3.63, 3.8) is 0 Å². The maximum absolute atomic E-state index is 10.9. The van der Waals surface area contributed by atoms with Gasteiger partial charge >= 0.3 is 0 Å². The molecule has 0 radical (unpaired) electrons. The number of para-hydroxylation sites is 6. The van der Waals surface area contributed by atoms with Crippen LogP contribution in [0.3, 0.4) is 0 Å². The molecule has 76 heavy (non-hydrogen) atoms. The SMILES string of the molecule is N#Cc1cc(C=N)c(-n2c3ccc(-n4c5ccccc5c5ccccc54)cc3c3c4oc5ccccc5c4ccc32)c(-n2c3ccc(-n4c5ccccc5c5ccccc54)cc3c3c4oc5ccccc5c4ccc32)c1. The van der Waals surface area contributed by atoms with Crippen LogP contribution in [0.25, 0.3) is 154 Å². The van der Waals surface area contributed by atoms with Crippen molar-refractivity contribution in [2.45, 2.75) is 0 Å². The van der Waals surface area contributed by atoms with Crippen LogP contribution in [0.2, 0.25) is 0 Å². The van der Waals surface area contributed by atoms with Gasteiger partial charge in [0.2, 0.25) is 0 Å². The summed E-state index contributed by atoms with van der Waals surface area (Å²) < 4.78 is 23.1. The Morgan fingerprint density at radius 3 is 1.21 bits per heavy atom. The third kappa shape index (κ3) is 5.32. The molecule has 6 aromatic heterocycles. The molecule has 0 aliphatic carbocycles. The van der Waals surface area contributed by atoms with Gasteiger partial charge in [0.25, 0.3) is 0 Å². The molecule has 0 amide bonds. The van der Waals surface area contributed by atoms with Crippen molar-refractivity contribution in [3.05, 3.63) is 230 Å². The molecule has 352 valence electrons. The second-order valence-electron chi connectivity index (χ2n) is 19.9. The van der Waals surface area contributed by atoms with Gasteiger partial charge in [-0.3, -0.25) is 0 Å². The van der Waals surface area contributed by atoms with Crippen LogP contribution in [0.15, 0.2) is 227 Å². The van der Waals surface area contributed by atoms with E-state index in [0.717, 1.165) is 132 Å². The number of nitriles is 1. The highest BCUT2D eigenvalue weighted by molar-refractivity contribution is 6.26. The Morgan fingerprint density at radius 2 is 0.750 bits per heavy atom. The smallest absolute Gasteiger partial charge is 0.145 e. The first kappa shape index (κ1) is 40.9. The van der Waals surface area contributed by atoms with Crippen LogP contribution >= 0.6 is 0 Å². The zero-order chi connectivity index (χ0) is 49.9. The molecule has 0 saturated heterocycles. The van der Waals surface area contributed by atoms with Crippen molar-refractivity contribution >= 4 is 137 Å². The number of benzene rings is 11. The number of nitrogens with one attached hydrogen (secondary N) is 1. The van der Waals surface area contributed by atoms with Crippen molar-refractivity contribution in [2.24, 2.45) is 0 Å². The molecule has 8 heteroatoms. The van der Waals surface area contributed by atoms with E-state index in [-0.39, 0.29) is 0 Å². The van der Waals surface area contributed by atoms with Crippen LogP contribution in [0.1, 0.15) is 11.1 Å². The van der Waals surface area contributed by atoms with Crippen LogP contribution in [0.4, 0.5) is 0 Å². The molecule has 0 saturated carbocycles. The van der Waals surface area contributed by atoms with Gasteiger partial charge in [-0.05, 0) is 109 Å². The van der Waals surface area contributed by atoms with Crippen LogP contribution in [0.5, 0.6) is 0 Å². The zero-order valence-corrected chi connectivity index (χ0v) is 40.4. The van der Waals surface area contributed by atoms with E-state index in [2.05, 4.69) is 206 Å². The first-order chi connectivity index (χ1) is 37.6. The fourth-order valence-corrected chi connectivity index (χ4v) is 13.0. The summed E-state index contributed by atoms with van der Waals surface area (Å²) in [6, 6.07) is 79.2. The highest BCUT2D eigenvalue weighted by Gasteiger charge is 2.27. The summed E-state index contributed by atoms with van der Waals surface area (Å²) >= 11 is 0. The van der Waals surface area contributed by atoms with Crippen molar-refractivity contribution in [3.8, 4) is 28.8 Å². The molecule has 8 nitrogen and oxygen atoms in total. The van der Waals surface area contributed by atoms with E-state index in [0.29, 0.717) is 11.1 Å². The predicted molar refractivity (Wildman–Crippen MR) is 311 cm³/mol. The fraction of sp³-hybridized carbons (Fsp3) is 0. The molecule has 0 aliphatic rings. The molecule has 6 heterocycles. The zero-order valence-electron chi connectivity index (χ0n) is 40.4. The third-order valence-corrected chi connectivity index (χ3v) is 16.1. The molecular weight excluding hydrogens is 933 g/mol. The molecule has 0 aliphatic heterocycles. The first-order valence-corrected chi connectivity index (χ1v) is 25.5. The Bertz CT molecular complexity index is 5360. The minimum Gasteiger partial charge on any atom is -0.455 e. The lowest BCUT2D eigenvalue weighted by Crippen LogP contribution is -2.08. The Kier molecular flexibility index (Phi) is 8.07. The minimum atomic E-state index is 0.438. The summed E-state index contributed by atoms with van der Waals surface area (Å²) in [7, 11) is 0. The molecule has 17 aromatic rings. The second kappa shape index (κ2) is 15.0. The van der Waals surface area contributed by atoms with Crippen molar-refractivity contribution in [1.29, 1.82) is 10.7 Å². The van der Waals surface area contributed by atoms with Crippen LogP contribution in [-0.4, -0.2) is 24.5 Å². The van der Waals surface area contributed by atoms with E-state index in [1.165, 1.54) is 27.8 Å². The lowest BCUT2D eigenvalue weighted by atomic mass is 10.1. The number of fused-ring (bicyclic) bond motifs is 20. The molecule has 0 fully saturated rings. The van der Waals surface area contributed by atoms with Crippen LogP contribution in [-0.2, 0) is 0 Å². The fourth-order valence-electron chi connectivity index (χ4n) is 13.0. The Morgan fingerprint density at radius 1 is 0.355 bits per heavy atom. The summed E-state index contributed by atoms with van der Waals surface area (Å²) in [5.74, 6) is 0. The molecule has 0 atom stereocenters. The van der Waals surface area contributed by atoms with Gasteiger partial charge in [-0.25, -0.2) is 0 Å². The molecule has 0 unspecified atom stereocenters. The quantitative estimate of drug-likeness (QED) is 0.174. The number of hydrogen-bond acceptors (Lipinski definition) is 4. The van der Waals surface area contributed by atoms with E-state index in [4.69, 9.17) is 8.83 Å². The Balaban J connectivity index is 1.01. The van der Waals surface area contributed by atoms with E-state index in [1.807, 2.05) is 36.4 Å². The number of aromatic nitrogens is 4. The van der Waals surface area contributed by atoms with Gasteiger partial charge in [-0.15, -0.1) is 0 Å². The predicted octanol–water partition coefficient (Wildman–Crippen LogP) is 17.7. The number of hydrogen-bond donors (Lipinski definition) is 1. The van der Waals surface area contributed by atoms with E-state index in [9.17, 15) is 10.7 Å². The van der Waals surface area contributed by atoms with E-state index in [1.54, 1.807) is 0 Å². The third-order valence-electron chi connectivity index (χ3n) is 16.1. The molecule has 1 N–H and O–H groups in total.